The Balaban J connectivity index is 2.75. The average molecular weight is 232 g/mol. The fourth-order valence-corrected chi connectivity index (χ4v) is 1.13. The number of nitrogen functional groups attached to an aromatic ring is 1. The topological polar surface area (TPSA) is 55.5 Å². The molecule has 0 amide bonds. The number of ether oxygens (including phenoxy) is 1. The minimum Gasteiger partial charge on any atom is -0.489 e. The van der Waals surface area contributed by atoms with E-state index in [1.54, 1.807) is 12.1 Å². The van der Waals surface area contributed by atoms with Gasteiger partial charge in [0.05, 0.1) is 12.3 Å². The molecule has 3 N–H and O–H groups in total. The van der Waals surface area contributed by atoms with Crippen LogP contribution in [0.3, 0.4) is 0 Å². The molecule has 1 aromatic rings. The van der Waals surface area contributed by atoms with Gasteiger partial charge in [0.2, 0.25) is 0 Å². The molecule has 3 nitrogen and oxygen atoms in total. The molecule has 1 aromatic carbocycles. The van der Waals surface area contributed by atoms with Crippen molar-refractivity contribution in [3.8, 4) is 5.75 Å². The van der Waals surface area contributed by atoms with E-state index < -0.39 is 0 Å². The number of hydrogen-bond acceptors (Lipinski definition) is 3. The largest absolute Gasteiger partial charge is 0.489 e. The summed E-state index contributed by atoms with van der Waals surface area (Å²) in [6, 6.07) is 5.35. The Morgan fingerprint density at radius 2 is 2.25 bits per heavy atom. The maximum atomic E-state index is 8.51. The lowest BCUT2D eigenvalue weighted by atomic mass is 10.3. The highest BCUT2D eigenvalue weighted by Gasteiger charge is 1.99. The van der Waals surface area contributed by atoms with Crippen LogP contribution in [0.15, 0.2) is 22.7 Å². The van der Waals surface area contributed by atoms with Crippen LogP contribution >= 0.6 is 15.9 Å². The van der Waals surface area contributed by atoms with Gasteiger partial charge in [-0.1, -0.05) is 15.9 Å². The highest BCUT2D eigenvalue weighted by molar-refractivity contribution is 9.10. The summed E-state index contributed by atoms with van der Waals surface area (Å²) >= 11 is 3.29. The fraction of sp³-hybridized carbons (Fsp3) is 0.250. The Hall–Kier alpha value is -0.740. The zero-order valence-corrected chi connectivity index (χ0v) is 8.04. The molecule has 0 saturated carbocycles. The van der Waals surface area contributed by atoms with Crippen LogP contribution in [0.5, 0.6) is 5.75 Å². The van der Waals surface area contributed by atoms with E-state index >= 15 is 0 Å². The van der Waals surface area contributed by atoms with Crippen LogP contribution in [-0.4, -0.2) is 18.3 Å². The van der Waals surface area contributed by atoms with Crippen molar-refractivity contribution >= 4 is 21.6 Å². The summed E-state index contributed by atoms with van der Waals surface area (Å²) in [5.74, 6) is 0.596. The quantitative estimate of drug-likeness (QED) is 0.774. The van der Waals surface area contributed by atoms with Crippen molar-refractivity contribution in [1.82, 2.24) is 0 Å². The van der Waals surface area contributed by atoms with Gasteiger partial charge < -0.3 is 15.6 Å². The summed E-state index contributed by atoms with van der Waals surface area (Å²) in [4.78, 5) is 0. The molecule has 12 heavy (non-hydrogen) atoms. The van der Waals surface area contributed by atoms with Crippen LogP contribution < -0.4 is 10.5 Å². The Kier molecular flexibility index (Phi) is 3.37. The van der Waals surface area contributed by atoms with Crippen LogP contribution in [0, 0.1) is 0 Å². The van der Waals surface area contributed by atoms with E-state index in [4.69, 9.17) is 15.6 Å². The zero-order chi connectivity index (χ0) is 8.97. The Morgan fingerprint density at radius 3 is 2.92 bits per heavy atom. The Morgan fingerprint density at radius 1 is 1.50 bits per heavy atom. The molecule has 0 fully saturated rings. The van der Waals surface area contributed by atoms with Crippen molar-refractivity contribution < 1.29 is 9.84 Å². The van der Waals surface area contributed by atoms with Crippen LogP contribution in [0.2, 0.25) is 0 Å². The van der Waals surface area contributed by atoms with E-state index in [0.29, 0.717) is 11.4 Å². The first-order valence-corrected chi connectivity index (χ1v) is 4.32. The number of aliphatic hydroxyl groups excluding tert-OH is 1. The monoisotopic (exact) mass is 231 g/mol. The molecule has 0 aliphatic rings. The first-order chi connectivity index (χ1) is 5.74. The van der Waals surface area contributed by atoms with Gasteiger partial charge in [0.15, 0.2) is 0 Å². The van der Waals surface area contributed by atoms with Gasteiger partial charge in [-0.05, 0) is 18.2 Å². The van der Waals surface area contributed by atoms with Crippen LogP contribution in [0.1, 0.15) is 0 Å². The fourth-order valence-electron chi connectivity index (χ4n) is 0.789. The summed E-state index contributed by atoms with van der Waals surface area (Å²) in [6.07, 6.45) is 0. The number of halogens is 1. The maximum absolute atomic E-state index is 8.51. The molecule has 0 radical (unpaired) electrons. The lowest BCUT2D eigenvalue weighted by Gasteiger charge is -2.06. The predicted molar refractivity (Wildman–Crippen MR) is 51.1 cm³/mol. The smallest absolute Gasteiger partial charge is 0.143 e. The Bertz CT molecular complexity index is 265. The molecule has 0 bridgehead atoms. The first-order valence-electron chi connectivity index (χ1n) is 3.52. The molecular formula is C8H10BrNO2. The van der Waals surface area contributed by atoms with Gasteiger partial charge >= 0.3 is 0 Å². The van der Waals surface area contributed by atoms with Crippen LogP contribution in [0.25, 0.3) is 0 Å². The summed E-state index contributed by atoms with van der Waals surface area (Å²) in [7, 11) is 0. The third kappa shape index (κ3) is 2.39. The molecule has 66 valence electrons. The molecule has 0 atom stereocenters. The standard InChI is InChI=1S/C8H10BrNO2/c9-6-1-2-7(10)8(5-6)12-4-3-11/h1-2,5,11H,3-4,10H2. The van der Waals surface area contributed by atoms with Gasteiger partial charge in [0.25, 0.3) is 0 Å². The zero-order valence-electron chi connectivity index (χ0n) is 6.46. The predicted octanol–water partition coefficient (Wildman–Crippen LogP) is 1.40. The number of aliphatic hydroxyl groups is 1. The number of nitrogens with two attached hydrogens (primary N) is 1. The molecule has 0 unspecified atom stereocenters. The van der Waals surface area contributed by atoms with Gasteiger partial charge in [-0.2, -0.15) is 0 Å². The molecule has 4 heteroatoms. The van der Waals surface area contributed by atoms with Crippen molar-refractivity contribution in [2.45, 2.75) is 0 Å². The SMILES string of the molecule is Nc1ccc(Br)cc1OCCO. The van der Waals surface area contributed by atoms with E-state index in [9.17, 15) is 0 Å². The van der Waals surface area contributed by atoms with E-state index in [-0.39, 0.29) is 13.2 Å². The molecule has 1 rings (SSSR count). The van der Waals surface area contributed by atoms with Gasteiger partial charge in [-0.25, -0.2) is 0 Å². The summed E-state index contributed by atoms with van der Waals surface area (Å²) < 4.78 is 6.07. The number of anilines is 1. The van der Waals surface area contributed by atoms with Crippen molar-refractivity contribution in [1.29, 1.82) is 0 Å². The molecule has 0 heterocycles. The highest BCUT2D eigenvalue weighted by atomic mass is 79.9. The third-order valence-electron chi connectivity index (χ3n) is 1.32. The van der Waals surface area contributed by atoms with E-state index in [2.05, 4.69) is 15.9 Å². The number of rotatable bonds is 3. The molecule has 0 aromatic heterocycles. The second kappa shape index (κ2) is 4.33. The van der Waals surface area contributed by atoms with Gasteiger partial charge in [0, 0.05) is 4.47 Å². The van der Waals surface area contributed by atoms with E-state index in [1.807, 2.05) is 6.07 Å². The van der Waals surface area contributed by atoms with Gasteiger partial charge in [-0.3, -0.25) is 0 Å². The second-order valence-corrected chi connectivity index (χ2v) is 3.17. The lowest BCUT2D eigenvalue weighted by molar-refractivity contribution is 0.202. The molecular weight excluding hydrogens is 222 g/mol. The highest BCUT2D eigenvalue weighted by Crippen LogP contribution is 2.25. The first kappa shape index (κ1) is 9.35. The lowest BCUT2D eigenvalue weighted by Crippen LogP contribution is -2.03. The normalized spacial score (nSPS) is 9.83. The van der Waals surface area contributed by atoms with Crippen molar-refractivity contribution in [3.05, 3.63) is 22.7 Å². The third-order valence-corrected chi connectivity index (χ3v) is 1.82. The molecule has 0 saturated heterocycles. The van der Waals surface area contributed by atoms with Crippen molar-refractivity contribution in [3.63, 3.8) is 0 Å². The molecule has 0 aliphatic carbocycles. The number of hydrogen-bond donors (Lipinski definition) is 2. The summed E-state index contributed by atoms with van der Waals surface area (Å²) in [5, 5.41) is 8.51. The van der Waals surface area contributed by atoms with E-state index in [1.165, 1.54) is 0 Å². The van der Waals surface area contributed by atoms with Crippen LogP contribution in [0.4, 0.5) is 5.69 Å². The molecule has 0 spiro atoms. The maximum Gasteiger partial charge on any atom is 0.143 e. The molecule has 0 aliphatic heterocycles. The minimum absolute atomic E-state index is 0.00798. The van der Waals surface area contributed by atoms with Gasteiger partial charge in [0.1, 0.15) is 12.4 Å². The summed E-state index contributed by atoms with van der Waals surface area (Å²) in [6.45, 7) is 0.257. The second-order valence-electron chi connectivity index (χ2n) is 2.25. The Labute approximate surface area is 79.3 Å². The summed E-state index contributed by atoms with van der Waals surface area (Å²) in [5.41, 5.74) is 6.18. The van der Waals surface area contributed by atoms with Crippen molar-refractivity contribution in [2.75, 3.05) is 18.9 Å². The number of benzene rings is 1. The van der Waals surface area contributed by atoms with Crippen LogP contribution in [-0.2, 0) is 0 Å². The average Bonchev–Trinajstić information content (AvgIpc) is 2.07. The van der Waals surface area contributed by atoms with Crippen molar-refractivity contribution in [2.24, 2.45) is 0 Å². The van der Waals surface area contributed by atoms with E-state index in [0.717, 1.165) is 4.47 Å². The minimum atomic E-state index is -0.00798. The van der Waals surface area contributed by atoms with Gasteiger partial charge in [-0.15, -0.1) is 0 Å².